The van der Waals surface area contributed by atoms with Gasteiger partial charge >= 0.3 is 5.97 Å². The number of pyridine rings is 1. The van der Waals surface area contributed by atoms with Gasteiger partial charge < -0.3 is 19.9 Å². The van der Waals surface area contributed by atoms with Gasteiger partial charge in [-0.25, -0.2) is 8.78 Å². The number of aromatic nitrogens is 1. The summed E-state index contributed by atoms with van der Waals surface area (Å²) in [5.74, 6) is -1.86. The Labute approximate surface area is 205 Å². The SMILES string of the molecule is CCCCOc1ccc(-c2c(F)cc(NC3CC4(C3)CC(C(=O)O)C4)cc2F)c(OCCCC)n1. The van der Waals surface area contributed by atoms with Crippen LogP contribution in [0.1, 0.15) is 65.2 Å². The van der Waals surface area contributed by atoms with Crippen molar-refractivity contribution in [2.75, 3.05) is 18.5 Å². The smallest absolute Gasteiger partial charge is 0.306 e. The van der Waals surface area contributed by atoms with Crippen molar-refractivity contribution < 1.29 is 28.2 Å². The van der Waals surface area contributed by atoms with E-state index in [2.05, 4.69) is 17.2 Å². The fraction of sp³-hybridized carbons (Fsp3) is 0.556. The Kier molecular flexibility index (Phi) is 7.77. The molecule has 1 aromatic heterocycles. The second-order valence-electron chi connectivity index (χ2n) is 9.91. The summed E-state index contributed by atoms with van der Waals surface area (Å²) in [4.78, 5) is 15.4. The fourth-order valence-corrected chi connectivity index (χ4v) is 5.17. The molecule has 2 aromatic rings. The van der Waals surface area contributed by atoms with E-state index in [1.54, 1.807) is 12.1 Å². The zero-order chi connectivity index (χ0) is 25.0. The van der Waals surface area contributed by atoms with Gasteiger partial charge in [0, 0.05) is 17.8 Å². The third-order valence-electron chi connectivity index (χ3n) is 7.07. The molecule has 0 saturated heterocycles. The van der Waals surface area contributed by atoms with Crippen LogP contribution in [0.2, 0.25) is 0 Å². The minimum absolute atomic E-state index is 0.0785. The van der Waals surface area contributed by atoms with Gasteiger partial charge in [-0.15, -0.1) is 0 Å². The van der Waals surface area contributed by atoms with Gasteiger partial charge in [-0.3, -0.25) is 4.79 Å². The van der Waals surface area contributed by atoms with Gasteiger partial charge in [0.1, 0.15) is 11.6 Å². The highest BCUT2D eigenvalue weighted by Gasteiger charge is 2.54. The van der Waals surface area contributed by atoms with E-state index >= 15 is 8.78 Å². The molecule has 0 unspecified atom stereocenters. The number of carboxylic acids is 1. The molecule has 2 saturated carbocycles. The molecule has 6 nitrogen and oxygen atoms in total. The van der Waals surface area contributed by atoms with E-state index in [9.17, 15) is 4.79 Å². The molecule has 190 valence electrons. The van der Waals surface area contributed by atoms with Gasteiger partial charge in [-0.2, -0.15) is 4.98 Å². The third kappa shape index (κ3) is 5.68. The number of aliphatic carboxylic acids is 1. The van der Waals surface area contributed by atoms with E-state index in [-0.39, 0.29) is 34.4 Å². The molecule has 2 aliphatic rings. The van der Waals surface area contributed by atoms with Crippen molar-refractivity contribution in [3.8, 4) is 22.9 Å². The number of hydrogen-bond acceptors (Lipinski definition) is 5. The standard InChI is InChI=1S/C27H34F2N2O4/c1-3-5-9-34-23-8-7-20(25(31-23)35-10-6-4-2)24-21(28)11-18(12-22(24)29)30-19-15-27(16-19)13-17(14-27)26(32)33/h7-8,11-12,17,19,30H,3-6,9-10,13-16H2,1-2H3,(H,32,33). The molecule has 0 amide bonds. The third-order valence-corrected chi connectivity index (χ3v) is 7.07. The van der Waals surface area contributed by atoms with E-state index in [1.807, 2.05) is 6.92 Å². The van der Waals surface area contributed by atoms with E-state index < -0.39 is 17.6 Å². The number of nitrogens with one attached hydrogen (secondary N) is 1. The van der Waals surface area contributed by atoms with Crippen molar-refractivity contribution in [1.82, 2.24) is 4.98 Å². The first-order valence-corrected chi connectivity index (χ1v) is 12.6. The Bertz CT molecular complexity index is 1020. The zero-order valence-corrected chi connectivity index (χ0v) is 20.4. The summed E-state index contributed by atoms with van der Waals surface area (Å²) in [5, 5.41) is 12.3. The Morgan fingerprint density at radius 1 is 1.06 bits per heavy atom. The minimum Gasteiger partial charge on any atom is -0.481 e. The molecule has 0 aliphatic heterocycles. The Morgan fingerprint density at radius 2 is 1.69 bits per heavy atom. The van der Waals surface area contributed by atoms with Crippen LogP contribution in [0.25, 0.3) is 11.1 Å². The minimum atomic E-state index is -0.736. The molecule has 0 radical (unpaired) electrons. The van der Waals surface area contributed by atoms with Crippen LogP contribution < -0.4 is 14.8 Å². The van der Waals surface area contributed by atoms with Crippen LogP contribution in [0.5, 0.6) is 11.8 Å². The first-order valence-electron chi connectivity index (χ1n) is 12.6. The van der Waals surface area contributed by atoms with Gasteiger partial charge in [0.15, 0.2) is 0 Å². The highest BCUT2D eigenvalue weighted by atomic mass is 19.1. The molecule has 1 heterocycles. The summed E-state index contributed by atoms with van der Waals surface area (Å²) in [6, 6.07) is 5.88. The number of benzene rings is 1. The van der Waals surface area contributed by atoms with Crippen LogP contribution in [0.15, 0.2) is 24.3 Å². The predicted octanol–water partition coefficient (Wildman–Crippen LogP) is 6.44. The van der Waals surface area contributed by atoms with E-state index in [0.29, 0.717) is 37.6 Å². The number of rotatable bonds is 12. The van der Waals surface area contributed by atoms with Gasteiger partial charge in [0.05, 0.1) is 30.3 Å². The molecule has 0 bridgehead atoms. The highest BCUT2D eigenvalue weighted by molar-refractivity contribution is 5.73. The molecule has 2 N–H and O–H groups in total. The lowest BCUT2D eigenvalue weighted by Gasteiger charge is -2.56. The van der Waals surface area contributed by atoms with Crippen LogP contribution >= 0.6 is 0 Å². The van der Waals surface area contributed by atoms with E-state index in [4.69, 9.17) is 14.6 Å². The average molecular weight is 489 g/mol. The van der Waals surface area contributed by atoms with Crippen LogP contribution in [-0.4, -0.2) is 35.3 Å². The van der Waals surface area contributed by atoms with Gasteiger partial charge in [-0.05, 0) is 62.1 Å². The van der Waals surface area contributed by atoms with Crippen molar-refractivity contribution >= 4 is 11.7 Å². The molecule has 4 rings (SSSR count). The normalized spacial score (nSPS) is 22.9. The van der Waals surface area contributed by atoms with Crippen LogP contribution in [-0.2, 0) is 4.79 Å². The lowest BCUT2D eigenvalue weighted by Crippen LogP contribution is -2.54. The zero-order valence-electron chi connectivity index (χ0n) is 20.4. The maximum absolute atomic E-state index is 15.2. The summed E-state index contributed by atoms with van der Waals surface area (Å²) in [6.45, 7) is 5.00. The molecular formula is C27H34F2N2O4. The number of carbonyl (C=O) groups is 1. The summed E-state index contributed by atoms with van der Waals surface area (Å²) >= 11 is 0. The Balaban J connectivity index is 1.47. The lowest BCUT2D eigenvalue weighted by atomic mass is 9.50. The Morgan fingerprint density at radius 3 is 2.29 bits per heavy atom. The van der Waals surface area contributed by atoms with E-state index in [0.717, 1.165) is 38.5 Å². The average Bonchev–Trinajstić information content (AvgIpc) is 2.75. The van der Waals surface area contributed by atoms with Crippen molar-refractivity contribution in [2.45, 2.75) is 71.3 Å². The second kappa shape index (κ2) is 10.8. The molecule has 8 heteroatoms. The maximum atomic E-state index is 15.2. The second-order valence-corrected chi connectivity index (χ2v) is 9.91. The number of halogens is 2. The largest absolute Gasteiger partial charge is 0.481 e. The molecule has 2 aliphatic carbocycles. The first-order chi connectivity index (χ1) is 16.8. The maximum Gasteiger partial charge on any atom is 0.306 e. The quantitative estimate of drug-likeness (QED) is 0.335. The molecule has 1 aromatic carbocycles. The van der Waals surface area contributed by atoms with Crippen LogP contribution in [0.3, 0.4) is 0 Å². The summed E-state index contributed by atoms with van der Waals surface area (Å²) in [6.07, 6.45) is 6.61. The summed E-state index contributed by atoms with van der Waals surface area (Å²) < 4.78 is 41.8. The van der Waals surface area contributed by atoms with Gasteiger partial charge in [0.25, 0.3) is 0 Å². The Hall–Kier alpha value is -2.90. The monoisotopic (exact) mass is 488 g/mol. The fourth-order valence-electron chi connectivity index (χ4n) is 5.17. The molecule has 2 fully saturated rings. The number of ether oxygens (including phenoxy) is 2. The van der Waals surface area contributed by atoms with Crippen molar-refractivity contribution in [2.24, 2.45) is 11.3 Å². The summed E-state index contributed by atoms with van der Waals surface area (Å²) in [5.41, 5.74) is 0.527. The summed E-state index contributed by atoms with van der Waals surface area (Å²) in [7, 11) is 0. The number of carboxylic acid groups (broad SMARTS) is 1. The molecular weight excluding hydrogens is 454 g/mol. The topological polar surface area (TPSA) is 80.7 Å². The lowest BCUT2D eigenvalue weighted by molar-refractivity contribution is -0.154. The van der Waals surface area contributed by atoms with Gasteiger partial charge in [0.2, 0.25) is 11.8 Å². The predicted molar refractivity (Wildman–Crippen MR) is 130 cm³/mol. The number of hydrogen-bond donors (Lipinski definition) is 2. The van der Waals surface area contributed by atoms with Gasteiger partial charge in [-0.1, -0.05) is 26.7 Å². The van der Waals surface area contributed by atoms with Crippen LogP contribution in [0, 0.1) is 23.0 Å². The first kappa shape index (κ1) is 25.2. The molecule has 35 heavy (non-hydrogen) atoms. The highest BCUT2D eigenvalue weighted by Crippen LogP contribution is 2.59. The van der Waals surface area contributed by atoms with Crippen molar-refractivity contribution in [3.63, 3.8) is 0 Å². The molecule has 0 atom stereocenters. The van der Waals surface area contributed by atoms with Crippen molar-refractivity contribution in [1.29, 1.82) is 0 Å². The van der Waals surface area contributed by atoms with E-state index in [1.165, 1.54) is 12.1 Å². The van der Waals surface area contributed by atoms with Crippen LogP contribution in [0.4, 0.5) is 14.5 Å². The molecule has 1 spiro atoms. The van der Waals surface area contributed by atoms with Crippen molar-refractivity contribution in [3.05, 3.63) is 35.9 Å². The number of unbranched alkanes of at least 4 members (excludes halogenated alkanes) is 2. The number of nitrogens with zero attached hydrogens (tertiary/aromatic N) is 1. The number of anilines is 1.